The van der Waals surface area contributed by atoms with Gasteiger partial charge in [-0.05, 0) is 12.1 Å². The molecule has 0 atom stereocenters. The maximum Gasteiger partial charge on any atom is 0.203 e. The maximum absolute atomic E-state index is 5.63. The van der Waals surface area contributed by atoms with Gasteiger partial charge in [-0.25, -0.2) is 0 Å². The summed E-state index contributed by atoms with van der Waals surface area (Å²) in [4.78, 5) is 0. The molecule has 142 valence electrons. The van der Waals surface area contributed by atoms with E-state index in [1.807, 2.05) is 24.3 Å². The van der Waals surface area contributed by atoms with Crippen LogP contribution in [0.2, 0.25) is 0 Å². The van der Waals surface area contributed by atoms with Crippen LogP contribution >= 0.6 is 0 Å². The van der Waals surface area contributed by atoms with Crippen molar-refractivity contribution in [2.45, 2.75) is 12.8 Å². The second kappa shape index (κ2) is 8.56. The SMILES string of the molecule is COc1ccc(C(C)c2ccc(OC)c(OC)c2OC)c(OC)c1OC. The van der Waals surface area contributed by atoms with Gasteiger partial charge in [0.2, 0.25) is 11.5 Å². The van der Waals surface area contributed by atoms with Crippen LogP contribution in [0, 0.1) is 0 Å². The predicted molar refractivity (Wildman–Crippen MR) is 99.7 cm³/mol. The zero-order chi connectivity index (χ0) is 19.3. The highest BCUT2D eigenvalue weighted by Gasteiger charge is 2.25. The minimum absolute atomic E-state index is 0.0560. The van der Waals surface area contributed by atoms with Crippen molar-refractivity contribution >= 4 is 0 Å². The lowest BCUT2D eigenvalue weighted by atomic mass is 9.90. The Morgan fingerprint density at radius 2 is 0.846 bits per heavy atom. The van der Waals surface area contributed by atoms with E-state index in [-0.39, 0.29) is 5.92 Å². The molecule has 0 heterocycles. The molecule has 2 aromatic carbocycles. The van der Waals surface area contributed by atoms with Crippen molar-refractivity contribution < 1.29 is 28.4 Å². The Bertz CT molecular complexity index is 693. The van der Waals surface area contributed by atoms with Crippen LogP contribution in [0.4, 0.5) is 0 Å². The molecule has 0 bridgehead atoms. The topological polar surface area (TPSA) is 55.4 Å². The average molecular weight is 362 g/mol. The molecule has 0 N–H and O–H groups in total. The first-order valence-corrected chi connectivity index (χ1v) is 8.15. The number of benzene rings is 2. The Morgan fingerprint density at radius 1 is 0.500 bits per heavy atom. The van der Waals surface area contributed by atoms with Crippen LogP contribution in [0.3, 0.4) is 0 Å². The van der Waals surface area contributed by atoms with Crippen LogP contribution in [0.15, 0.2) is 24.3 Å². The van der Waals surface area contributed by atoms with E-state index in [4.69, 9.17) is 28.4 Å². The molecule has 2 aromatic rings. The molecule has 0 fully saturated rings. The van der Waals surface area contributed by atoms with Gasteiger partial charge >= 0.3 is 0 Å². The van der Waals surface area contributed by atoms with E-state index in [2.05, 4.69) is 6.92 Å². The van der Waals surface area contributed by atoms with Gasteiger partial charge in [0.25, 0.3) is 0 Å². The lowest BCUT2D eigenvalue weighted by Crippen LogP contribution is -2.06. The molecule has 0 spiro atoms. The van der Waals surface area contributed by atoms with E-state index in [9.17, 15) is 0 Å². The Hall–Kier alpha value is -2.76. The molecule has 0 amide bonds. The molecule has 0 aliphatic carbocycles. The third-order valence-corrected chi connectivity index (χ3v) is 4.40. The van der Waals surface area contributed by atoms with Gasteiger partial charge in [0, 0.05) is 17.0 Å². The second-order valence-electron chi connectivity index (χ2n) is 5.57. The first-order valence-electron chi connectivity index (χ1n) is 8.15. The van der Waals surface area contributed by atoms with Crippen LogP contribution < -0.4 is 28.4 Å². The monoisotopic (exact) mass is 362 g/mol. The number of methoxy groups -OCH3 is 6. The Labute approximate surface area is 154 Å². The smallest absolute Gasteiger partial charge is 0.203 e. The van der Waals surface area contributed by atoms with Crippen LogP contribution in [0.5, 0.6) is 34.5 Å². The zero-order valence-electron chi connectivity index (χ0n) is 16.3. The fourth-order valence-corrected chi connectivity index (χ4v) is 3.10. The van der Waals surface area contributed by atoms with Gasteiger partial charge in [-0.3, -0.25) is 0 Å². The zero-order valence-corrected chi connectivity index (χ0v) is 16.3. The van der Waals surface area contributed by atoms with Crippen molar-refractivity contribution in [1.29, 1.82) is 0 Å². The minimum atomic E-state index is -0.0560. The van der Waals surface area contributed by atoms with Gasteiger partial charge in [-0.2, -0.15) is 0 Å². The largest absolute Gasteiger partial charge is 0.493 e. The summed E-state index contributed by atoms with van der Waals surface area (Å²) in [6.45, 7) is 2.06. The lowest BCUT2D eigenvalue weighted by Gasteiger charge is -2.23. The Kier molecular flexibility index (Phi) is 6.44. The van der Waals surface area contributed by atoms with Gasteiger partial charge in [-0.1, -0.05) is 19.1 Å². The fraction of sp³-hybridized carbons (Fsp3) is 0.400. The van der Waals surface area contributed by atoms with Gasteiger partial charge in [0.05, 0.1) is 42.7 Å². The molecule has 0 aromatic heterocycles. The normalized spacial score (nSPS) is 10.5. The summed E-state index contributed by atoms with van der Waals surface area (Å²) >= 11 is 0. The molecule has 6 heteroatoms. The summed E-state index contributed by atoms with van der Waals surface area (Å²) in [7, 11) is 9.59. The Morgan fingerprint density at radius 3 is 1.12 bits per heavy atom. The summed E-state index contributed by atoms with van der Waals surface area (Å²) in [6, 6.07) is 7.64. The summed E-state index contributed by atoms with van der Waals surface area (Å²) in [5, 5.41) is 0. The van der Waals surface area contributed by atoms with E-state index in [1.165, 1.54) is 0 Å². The van der Waals surface area contributed by atoms with Crippen LogP contribution in [-0.4, -0.2) is 42.7 Å². The first kappa shape index (κ1) is 19.6. The highest BCUT2D eigenvalue weighted by molar-refractivity contribution is 5.62. The van der Waals surface area contributed by atoms with Crippen LogP contribution in [0.1, 0.15) is 24.0 Å². The predicted octanol–water partition coefficient (Wildman–Crippen LogP) is 3.89. The summed E-state index contributed by atoms with van der Waals surface area (Å²) in [5.74, 6) is 3.52. The van der Waals surface area contributed by atoms with Crippen molar-refractivity contribution in [2.24, 2.45) is 0 Å². The molecule has 0 aliphatic rings. The molecule has 26 heavy (non-hydrogen) atoms. The average Bonchev–Trinajstić information content (AvgIpc) is 2.70. The van der Waals surface area contributed by atoms with Gasteiger partial charge < -0.3 is 28.4 Å². The fourth-order valence-electron chi connectivity index (χ4n) is 3.10. The molecule has 6 nitrogen and oxygen atoms in total. The van der Waals surface area contributed by atoms with E-state index in [0.717, 1.165) is 11.1 Å². The van der Waals surface area contributed by atoms with E-state index >= 15 is 0 Å². The summed E-state index contributed by atoms with van der Waals surface area (Å²) in [5.41, 5.74) is 1.88. The van der Waals surface area contributed by atoms with Gasteiger partial charge in [0.1, 0.15) is 0 Å². The molecule has 2 rings (SSSR count). The van der Waals surface area contributed by atoms with E-state index in [0.29, 0.717) is 34.5 Å². The van der Waals surface area contributed by atoms with Crippen LogP contribution in [-0.2, 0) is 0 Å². The maximum atomic E-state index is 5.63. The molecule has 0 saturated carbocycles. The molecule has 0 radical (unpaired) electrons. The molecule has 0 aliphatic heterocycles. The first-order chi connectivity index (χ1) is 12.6. The van der Waals surface area contributed by atoms with Crippen molar-refractivity contribution in [1.82, 2.24) is 0 Å². The highest BCUT2D eigenvalue weighted by atomic mass is 16.5. The number of hydrogen-bond acceptors (Lipinski definition) is 6. The van der Waals surface area contributed by atoms with Crippen molar-refractivity contribution in [2.75, 3.05) is 42.7 Å². The number of rotatable bonds is 8. The van der Waals surface area contributed by atoms with Crippen molar-refractivity contribution in [3.8, 4) is 34.5 Å². The number of ether oxygens (including phenoxy) is 6. The second-order valence-corrected chi connectivity index (χ2v) is 5.57. The van der Waals surface area contributed by atoms with Gasteiger partial charge in [0.15, 0.2) is 23.0 Å². The van der Waals surface area contributed by atoms with Crippen molar-refractivity contribution in [3.05, 3.63) is 35.4 Å². The number of hydrogen-bond donors (Lipinski definition) is 0. The van der Waals surface area contributed by atoms with Crippen LogP contribution in [0.25, 0.3) is 0 Å². The van der Waals surface area contributed by atoms with Gasteiger partial charge in [-0.15, -0.1) is 0 Å². The van der Waals surface area contributed by atoms with E-state index < -0.39 is 0 Å². The molecular weight excluding hydrogens is 336 g/mol. The Balaban J connectivity index is 2.65. The minimum Gasteiger partial charge on any atom is -0.493 e. The third kappa shape index (κ3) is 3.31. The summed E-state index contributed by atoms with van der Waals surface area (Å²) < 4.78 is 33.0. The van der Waals surface area contributed by atoms with Crippen molar-refractivity contribution in [3.63, 3.8) is 0 Å². The molecule has 0 saturated heterocycles. The highest BCUT2D eigenvalue weighted by Crippen LogP contribution is 2.48. The third-order valence-electron chi connectivity index (χ3n) is 4.40. The quantitative estimate of drug-likeness (QED) is 0.710. The molecular formula is C20H26O6. The molecule has 0 unspecified atom stereocenters. The standard InChI is InChI=1S/C20H26O6/c1-12(13-8-10-15(21-2)19(25-6)17(13)23-4)14-9-11-16(22-3)20(26-7)18(14)24-5/h8-12H,1-7H3. The van der Waals surface area contributed by atoms with E-state index in [1.54, 1.807) is 42.7 Å². The lowest BCUT2D eigenvalue weighted by molar-refractivity contribution is 0.318. The summed E-state index contributed by atoms with van der Waals surface area (Å²) in [6.07, 6.45) is 0.